The maximum Gasteiger partial charge on any atom is 0.119 e. The van der Waals surface area contributed by atoms with Gasteiger partial charge in [0.1, 0.15) is 5.75 Å². The first-order chi connectivity index (χ1) is 7.95. The van der Waals surface area contributed by atoms with Gasteiger partial charge in [0.25, 0.3) is 0 Å². The SMILES string of the molecule is CC(C)COc1ccc(C(C)(C)CCN)cc1. The van der Waals surface area contributed by atoms with E-state index in [-0.39, 0.29) is 5.41 Å². The highest BCUT2D eigenvalue weighted by Gasteiger charge is 2.19. The van der Waals surface area contributed by atoms with Crippen molar-refractivity contribution in [3.05, 3.63) is 29.8 Å². The Labute approximate surface area is 105 Å². The van der Waals surface area contributed by atoms with E-state index in [0.29, 0.717) is 5.92 Å². The molecule has 0 unspecified atom stereocenters. The molecule has 0 aromatic heterocycles. The van der Waals surface area contributed by atoms with Crippen molar-refractivity contribution in [1.29, 1.82) is 0 Å². The minimum Gasteiger partial charge on any atom is -0.493 e. The molecule has 1 rings (SSSR count). The van der Waals surface area contributed by atoms with Crippen molar-refractivity contribution in [3.63, 3.8) is 0 Å². The lowest BCUT2D eigenvalue weighted by Gasteiger charge is -2.24. The fraction of sp³-hybridized carbons (Fsp3) is 0.600. The highest BCUT2D eigenvalue weighted by atomic mass is 16.5. The Morgan fingerprint density at radius 2 is 1.76 bits per heavy atom. The molecule has 1 aromatic carbocycles. The molecule has 0 aliphatic heterocycles. The number of benzene rings is 1. The van der Waals surface area contributed by atoms with Crippen LogP contribution in [0.2, 0.25) is 0 Å². The average molecular weight is 235 g/mol. The van der Waals surface area contributed by atoms with Gasteiger partial charge in [-0.15, -0.1) is 0 Å². The third kappa shape index (κ3) is 4.39. The van der Waals surface area contributed by atoms with Crippen LogP contribution in [0.5, 0.6) is 5.75 Å². The Bertz CT molecular complexity index is 327. The predicted molar refractivity (Wildman–Crippen MR) is 73.5 cm³/mol. The third-order valence-electron chi connectivity index (χ3n) is 2.99. The summed E-state index contributed by atoms with van der Waals surface area (Å²) in [5, 5.41) is 0. The second-order valence-electron chi connectivity index (χ2n) is 5.65. The molecule has 2 N–H and O–H groups in total. The van der Waals surface area contributed by atoms with Gasteiger partial charge >= 0.3 is 0 Å². The van der Waals surface area contributed by atoms with Crippen molar-refractivity contribution in [3.8, 4) is 5.75 Å². The van der Waals surface area contributed by atoms with E-state index in [9.17, 15) is 0 Å². The van der Waals surface area contributed by atoms with Crippen molar-refractivity contribution in [2.45, 2.75) is 39.5 Å². The fourth-order valence-corrected chi connectivity index (χ4v) is 1.77. The summed E-state index contributed by atoms with van der Waals surface area (Å²) in [6, 6.07) is 8.39. The molecule has 2 heteroatoms. The summed E-state index contributed by atoms with van der Waals surface area (Å²) in [5.41, 5.74) is 7.10. The van der Waals surface area contributed by atoms with Crippen molar-refractivity contribution in [1.82, 2.24) is 0 Å². The molecule has 0 amide bonds. The highest BCUT2D eigenvalue weighted by Crippen LogP contribution is 2.27. The molecule has 96 valence electrons. The van der Waals surface area contributed by atoms with E-state index in [2.05, 4.69) is 52.0 Å². The Balaban J connectivity index is 2.67. The van der Waals surface area contributed by atoms with Crippen LogP contribution >= 0.6 is 0 Å². The number of hydrogen-bond donors (Lipinski definition) is 1. The quantitative estimate of drug-likeness (QED) is 0.820. The first-order valence-electron chi connectivity index (χ1n) is 6.39. The van der Waals surface area contributed by atoms with Crippen LogP contribution in [0, 0.1) is 5.92 Å². The molecule has 1 aromatic rings. The van der Waals surface area contributed by atoms with Gasteiger partial charge < -0.3 is 10.5 Å². The molecule has 0 aliphatic carbocycles. The molecule has 2 nitrogen and oxygen atoms in total. The second kappa shape index (κ2) is 6.06. The lowest BCUT2D eigenvalue weighted by Crippen LogP contribution is -2.21. The molecule has 0 spiro atoms. The van der Waals surface area contributed by atoms with E-state index in [1.54, 1.807) is 0 Å². The molecule has 0 radical (unpaired) electrons. The Morgan fingerprint density at radius 1 is 1.18 bits per heavy atom. The van der Waals surface area contributed by atoms with E-state index >= 15 is 0 Å². The molecule has 0 saturated heterocycles. The average Bonchev–Trinajstić information content (AvgIpc) is 2.27. The maximum absolute atomic E-state index is 5.67. The van der Waals surface area contributed by atoms with Crippen molar-refractivity contribution >= 4 is 0 Å². The summed E-state index contributed by atoms with van der Waals surface area (Å²) in [6.07, 6.45) is 0.999. The second-order valence-corrected chi connectivity index (χ2v) is 5.65. The number of hydrogen-bond acceptors (Lipinski definition) is 2. The summed E-state index contributed by atoms with van der Waals surface area (Å²) in [4.78, 5) is 0. The van der Waals surface area contributed by atoms with Gasteiger partial charge in [-0.05, 0) is 42.0 Å². The van der Waals surface area contributed by atoms with Crippen LogP contribution in [-0.2, 0) is 5.41 Å². The van der Waals surface area contributed by atoms with Crippen molar-refractivity contribution < 1.29 is 4.74 Å². The van der Waals surface area contributed by atoms with Gasteiger partial charge in [-0.2, -0.15) is 0 Å². The molecule has 0 saturated carbocycles. The van der Waals surface area contributed by atoms with Gasteiger partial charge in [0, 0.05) is 0 Å². The van der Waals surface area contributed by atoms with E-state index in [1.165, 1.54) is 5.56 Å². The Hall–Kier alpha value is -1.02. The Morgan fingerprint density at radius 3 is 2.24 bits per heavy atom. The molecular weight excluding hydrogens is 210 g/mol. The van der Waals surface area contributed by atoms with Crippen molar-refractivity contribution in [2.75, 3.05) is 13.2 Å². The summed E-state index contributed by atoms with van der Waals surface area (Å²) in [7, 11) is 0. The zero-order chi connectivity index (χ0) is 12.9. The van der Waals surface area contributed by atoms with Gasteiger partial charge in [-0.3, -0.25) is 0 Å². The van der Waals surface area contributed by atoms with Crippen LogP contribution in [0.25, 0.3) is 0 Å². The molecule has 0 heterocycles. The molecule has 0 fully saturated rings. The maximum atomic E-state index is 5.67. The van der Waals surface area contributed by atoms with E-state index < -0.39 is 0 Å². The zero-order valence-corrected chi connectivity index (χ0v) is 11.5. The van der Waals surface area contributed by atoms with Crippen molar-refractivity contribution in [2.24, 2.45) is 11.7 Å². The molecule has 17 heavy (non-hydrogen) atoms. The summed E-state index contributed by atoms with van der Waals surface area (Å²) < 4.78 is 5.67. The molecule has 0 atom stereocenters. The van der Waals surface area contributed by atoms with Crippen LogP contribution in [0.3, 0.4) is 0 Å². The van der Waals surface area contributed by atoms with Crippen LogP contribution < -0.4 is 10.5 Å². The summed E-state index contributed by atoms with van der Waals surface area (Å²) in [5.74, 6) is 1.51. The standard InChI is InChI=1S/C15H25NO/c1-12(2)11-17-14-7-5-13(6-8-14)15(3,4)9-10-16/h5-8,12H,9-11,16H2,1-4H3. The number of nitrogens with two attached hydrogens (primary N) is 1. The van der Waals surface area contributed by atoms with E-state index in [4.69, 9.17) is 10.5 Å². The number of ether oxygens (including phenoxy) is 1. The minimum absolute atomic E-state index is 0.144. The molecular formula is C15H25NO. The van der Waals surface area contributed by atoms with Crippen LogP contribution in [0.15, 0.2) is 24.3 Å². The van der Waals surface area contributed by atoms with Gasteiger partial charge in [0.05, 0.1) is 6.61 Å². The normalized spacial score (nSPS) is 11.9. The lowest BCUT2D eigenvalue weighted by molar-refractivity contribution is 0.271. The van der Waals surface area contributed by atoms with Gasteiger partial charge in [-0.1, -0.05) is 39.8 Å². The Kier molecular flexibility index (Phi) is 5.01. The predicted octanol–water partition coefficient (Wildman–Crippen LogP) is 3.35. The van der Waals surface area contributed by atoms with Crippen LogP contribution in [0.4, 0.5) is 0 Å². The van der Waals surface area contributed by atoms with Gasteiger partial charge in [0.15, 0.2) is 0 Å². The minimum atomic E-state index is 0.144. The zero-order valence-electron chi connectivity index (χ0n) is 11.5. The molecule has 0 bridgehead atoms. The third-order valence-corrected chi connectivity index (χ3v) is 2.99. The van der Waals surface area contributed by atoms with Gasteiger partial charge in [0.2, 0.25) is 0 Å². The summed E-state index contributed by atoms with van der Waals surface area (Å²) in [6.45, 7) is 10.2. The first kappa shape index (κ1) is 14.0. The van der Waals surface area contributed by atoms with Crippen LogP contribution in [0.1, 0.15) is 39.7 Å². The first-order valence-corrected chi connectivity index (χ1v) is 6.39. The lowest BCUT2D eigenvalue weighted by atomic mass is 9.82. The van der Waals surface area contributed by atoms with Crippen LogP contribution in [-0.4, -0.2) is 13.2 Å². The smallest absolute Gasteiger partial charge is 0.119 e. The van der Waals surface area contributed by atoms with E-state index in [0.717, 1.165) is 25.3 Å². The largest absolute Gasteiger partial charge is 0.493 e. The van der Waals surface area contributed by atoms with Gasteiger partial charge in [-0.25, -0.2) is 0 Å². The summed E-state index contributed by atoms with van der Waals surface area (Å²) >= 11 is 0. The number of rotatable bonds is 6. The monoisotopic (exact) mass is 235 g/mol. The topological polar surface area (TPSA) is 35.2 Å². The fourth-order valence-electron chi connectivity index (χ4n) is 1.77. The van der Waals surface area contributed by atoms with E-state index in [1.807, 2.05) is 0 Å². The molecule has 0 aliphatic rings. The highest BCUT2D eigenvalue weighted by molar-refractivity contribution is 5.31.